The van der Waals surface area contributed by atoms with Gasteiger partial charge in [-0.05, 0) is 34.9 Å². The Hall–Kier alpha value is -3.74. The molecular weight excluding hydrogens is 404 g/mol. The number of nitrogens with one attached hydrogen (secondary N) is 2. The van der Waals surface area contributed by atoms with Crippen LogP contribution in [0.25, 0.3) is 11.3 Å². The van der Waals surface area contributed by atoms with E-state index in [2.05, 4.69) is 27.5 Å². The van der Waals surface area contributed by atoms with Gasteiger partial charge in [-0.2, -0.15) is 0 Å². The smallest absolute Gasteiger partial charge is 0.251 e. The largest absolute Gasteiger partial charge is 0.496 e. The summed E-state index contributed by atoms with van der Waals surface area (Å²) in [5.74, 6) is 1.63. The minimum Gasteiger partial charge on any atom is -0.496 e. The Kier molecular flexibility index (Phi) is 6.16. The predicted molar refractivity (Wildman–Crippen MR) is 123 cm³/mol. The van der Waals surface area contributed by atoms with Crippen molar-refractivity contribution < 1.29 is 14.3 Å². The van der Waals surface area contributed by atoms with Crippen molar-refractivity contribution in [1.29, 1.82) is 0 Å². The molecule has 1 aliphatic carbocycles. The number of Topliss-reactive ketones (excluding diaryl/α,β-unsaturated/α-hetero) is 1. The number of methoxy groups -OCH3 is 1. The van der Waals surface area contributed by atoms with Gasteiger partial charge in [-0.1, -0.05) is 25.1 Å². The van der Waals surface area contributed by atoms with E-state index in [9.17, 15) is 9.59 Å². The first-order valence-corrected chi connectivity index (χ1v) is 10.6. The second-order valence-electron chi connectivity index (χ2n) is 7.98. The van der Waals surface area contributed by atoms with Crippen LogP contribution in [0.5, 0.6) is 5.75 Å². The highest BCUT2D eigenvalue weighted by atomic mass is 16.5. The van der Waals surface area contributed by atoms with Crippen molar-refractivity contribution in [3.63, 3.8) is 0 Å². The number of fused-ring (bicyclic) bond motifs is 1. The van der Waals surface area contributed by atoms with E-state index in [4.69, 9.17) is 4.74 Å². The highest BCUT2D eigenvalue weighted by molar-refractivity contribution is 5.94. The maximum Gasteiger partial charge on any atom is 0.251 e. The Labute approximate surface area is 187 Å². The molecule has 32 heavy (non-hydrogen) atoms. The topological polar surface area (TPSA) is 93.2 Å². The molecule has 0 aliphatic heterocycles. The van der Waals surface area contributed by atoms with Crippen LogP contribution in [0.15, 0.2) is 48.8 Å². The number of rotatable bonds is 7. The number of carbonyl (C=O) groups excluding carboxylic acids is 2. The zero-order chi connectivity index (χ0) is 22.7. The number of aromatic nitrogens is 2. The number of ether oxygens (including phenoxy) is 1. The number of ketones is 1. The van der Waals surface area contributed by atoms with Crippen LogP contribution in [0.4, 0.5) is 5.82 Å². The van der Waals surface area contributed by atoms with Crippen molar-refractivity contribution in [2.75, 3.05) is 26.0 Å². The molecule has 3 aromatic rings. The van der Waals surface area contributed by atoms with Crippen molar-refractivity contribution in [3.8, 4) is 17.0 Å². The third kappa shape index (κ3) is 4.46. The third-order valence-electron chi connectivity index (χ3n) is 5.79. The highest BCUT2D eigenvalue weighted by Gasteiger charge is 2.19. The van der Waals surface area contributed by atoms with Crippen LogP contribution >= 0.6 is 0 Å². The van der Waals surface area contributed by atoms with Gasteiger partial charge < -0.3 is 15.4 Å². The Balaban J connectivity index is 1.47. The summed E-state index contributed by atoms with van der Waals surface area (Å²) in [6, 6.07) is 13.5. The SMILES string of the molecule is CNC(=O)c1ccc([C@H](C)CNc2cc(-c3ccc4c(c3)CC(=O)C4)ncn2)c(OC)c1. The standard InChI is InChI=1S/C25H26N4O3/c1-15(21-7-6-18(25(31)26-2)11-23(21)32-3)13-27-24-12-22(28-14-29-24)17-5-4-16-9-20(30)10-19(16)8-17/h4-8,11-12,14-15H,9-10,13H2,1-3H3,(H,26,31)(H,27,28,29)/t15-/m1/s1. The number of benzene rings is 2. The molecule has 4 rings (SSSR count). The van der Waals surface area contributed by atoms with Crippen molar-refractivity contribution >= 4 is 17.5 Å². The van der Waals surface area contributed by atoms with Gasteiger partial charge in [0.15, 0.2) is 0 Å². The fraction of sp³-hybridized carbons (Fsp3) is 0.280. The Morgan fingerprint density at radius 3 is 2.69 bits per heavy atom. The van der Waals surface area contributed by atoms with Gasteiger partial charge in [-0.3, -0.25) is 9.59 Å². The number of carbonyl (C=O) groups is 2. The molecule has 2 aromatic carbocycles. The number of hydrogen-bond donors (Lipinski definition) is 2. The van der Waals surface area contributed by atoms with Crippen LogP contribution in [0.3, 0.4) is 0 Å². The summed E-state index contributed by atoms with van der Waals surface area (Å²) in [5.41, 5.74) is 5.54. The van der Waals surface area contributed by atoms with Gasteiger partial charge in [0.2, 0.25) is 0 Å². The third-order valence-corrected chi connectivity index (χ3v) is 5.79. The highest BCUT2D eigenvalue weighted by Crippen LogP contribution is 2.29. The molecule has 2 N–H and O–H groups in total. The number of amides is 1. The summed E-state index contributed by atoms with van der Waals surface area (Å²) >= 11 is 0. The van der Waals surface area contributed by atoms with E-state index in [-0.39, 0.29) is 17.6 Å². The summed E-state index contributed by atoms with van der Waals surface area (Å²) in [4.78, 5) is 32.4. The molecule has 0 saturated carbocycles. The summed E-state index contributed by atoms with van der Waals surface area (Å²) in [6.45, 7) is 2.72. The molecule has 7 nitrogen and oxygen atoms in total. The zero-order valence-corrected chi connectivity index (χ0v) is 18.4. The number of anilines is 1. The van der Waals surface area contributed by atoms with E-state index in [0.717, 1.165) is 33.8 Å². The van der Waals surface area contributed by atoms with E-state index in [0.29, 0.717) is 30.7 Å². The molecule has 0 bridgehead atoms. The molecule has 7 heteroatoms. The fourth-order valence-electron chi connectivity index (χ4n) is 3.99. The molecule has 1 atom stereocenters. The van der Waals surface area contributed by atoms with E-state index < -0.39 is 0 Å². The lowest BCUT2D eigenvalue weighted by molar-refractivity contribution is -0.117. The molecule has 0 unspecified atom stereocenters. The molecule has 1 heterocycles. The average Bonchev–Trinajstić information content (AvgIpc) is 3.20. The van der Waals surface area contributed by atoms with Gasteiger partial charge in [0.05, 0.1) is 12.8 Å². The first-order chi connectivity index (χ1) is 15.5. The number of nitrogens with zero attached hydrogens (tertiary/aromatic N) is 2. The molecule has 0 fully saturated rings. The molecule has 164 valence electrons. The minimum atomic E-state index is -0.148. The van der Waals surface area contributed by atoms with Crippen LogP contribution in [-0.4, -0.2) is 42.4 Å². The zero-order valence-electron chi connectivity index (χ0n) is 18.4. The van der Waals surface area contributed by atoms with Gasteiger partial charge >= 0.3 is 0 Å². The normalized spacial score (nSPS) is 13.4. The van der Waals surface area contributed by atoms with E-state index in [1.54, 1.807) is 32.6 Å². The summed E-state index contributed by atoms with van der Waals surface area (Å²) < 4.78 is 5.52. The van der Waals surface area contributed by atoms with Gasteiger partial charge in [0.1, 0.15) is 23.7 Å². The van der Waals surface area contributed by atoms with Crippen LogP contribution < -0.4 is 15.4 Å². The lowest BCUT2D eigenvalue weighted by Crippen LogP contribution is -2.18. The summed E-state index contributed by atoms with van der Waals surface area (Å²) in [6.07, 6.45) is 2.56. The summed E-state index contributed by atoms with van der Waals surface area (Å²) in [7, 11) is 3.21. The van der Waals surface area contributed by atoms with Gasteiger partial charge in [-0.15, -0.1) is 0 Å². The maximum atomic E-state index is 11.9. The van der Waals surface area contributed by atoms with Crippen LogP contribution in [-0.2, 0) is 17.6 Å². The maximum absolute atomic E-state index is 11.9. The van der Waals surface area contributed by atoms with E-state index >= 15 is 0 Å². The summed E-state index contributed by atoms with van der Waals surface area (Å²) in [5, 5.41) is 6.00. The van der Waals surface area contributed by atoms with Crippen molar-refractivity contribution in [1.82, 2.24) is 15.3 Å². The van der Waals surface area contributed by atoms with Crippen molar-refractivity contribution in [3.05, 3.63) is 71.0 Å². The van der Waals surface area contributed by atoms with E-state index in [1.807, 2.05) is 30.3 Å². The lowest BCUT2D eigenvalue weighted by atomic mass is 9.98. The average molecular weight is 431 g/mol. The molecular formula is C25H26N4O3. The molecule has 0 spiro atoms. The second-order valence-corrected chi connectivity index (χ2v) is 7.98. The molecule has 1 aliphatic rings. The molecule has 0 saturated heterocycles. The first-order valence-electron chi connectivity index (χ1n) is 10.6. The molecule has 0 radical (unpaired) electrons. The van der Waals surface area contributed by atoms with E-state index in [1.165, 1.54) is 0 Å². The Morgan fingerprint density at radius 1 is 1.09 bits per heavy atom. The molecule has 1 aromatic heterocycles. The van der Waals surface area contributed by atoms with Crippen LogP contribution in [0, 0.1) is 0 Å². The van der Waals surface area contributed by atoms with Crippen molar-refractivity contribution in [2.24, 2.45) is 0 Å². The van der Waals surface area contributed by atoms with Crippen LogP contribution in [0.2, 0.25) is 0 Å². The van der Waals surface area contributed by atoms with Gasteiger partial charge in [-0.25, -0.2) is 9.97 Å². The first kappa shape index (κ1) is 21.5. The quantitative estimate of drug-likeness (QED) is 0.597. The molecule has 1 amide bonds. The second kappa shape index (κ2) is 9.18. The predicted octanol–water partition coefficient (Wildman–Crippen LogP) is 3.40. The lowest BCUT2D eigenvalue weighted by Gasteiger charge is -2.17. The Morgan fingerprint density at radius 2 is 1.91 bits per heavy atom. The Bertz CT molecular complexity index is 1180. The van der Waals surface area contributed by atoms with Crippen molar-refractivity contribution in [2.45, 2.75) is 25.7 Å². The van der Waals surface area contributed by atoms with Gasteiger partial charge in [0.25, 0.3) is 5.91 Å². The van der Waals surface area contributed by atoms with Gasteiger partial charge in [0, 0.05) is 49.5 Å². The monoisotopic (exact) mass is 430 g/mol. The number of hydrogen-bond acceptors (Lipinski definition) is 6. The van der Waals surface area contributed by atoms with Crippen LogP contribution in [0.1, 0.15) is 39.9 Å². The fourth-order valence-corrected chi connectivity index (χ4v) is 3.99. The minimum absolute atomic E-state index is 0.119.